The quantitative estimate of drug-likeness (QED) is 0.168. The third-order valence-electron chi connectivity index (χ3n) is 6.96. The van der Waals surface area contributed by atoms with E-state index < -0.39 is 6.04 Å². The second-order valence-electron chi connectivity index (χ2n) is 9.73. The molecule has 0 saturated carbocycles. The molecule has 1 amide bonds. The van der Waals surface area contributed by atoms with E-state index >= 15 is 0 Å². The van der Waals surface area contributed by atoms with Crippen molar-refractivity contribution in [2.45, 2.75) is 32.9 Å². The Kier molecular flexibility index (Phi) is 9.19. The zero-order valence-corrected chi connectivity index (χ0v) is 24.3. The Balaban J connectivity index is 1.60. The monoisotopic (exact) mass is 581 g/mol. The summed E-state index contributed by atoms with van der Waals surface area (Å²) in [5.41, 5.74) is 1.96. The zero-order valence-electron chi connectivity index (χ0n) is 23.6. The largest absolute Gasteiger partial charge is 0.494 e. The van der Waals surface area contributed by atoms with Gasteiger partial charge in [0.15, 0.2) is 6.61 Å². The van der Waals surface area contributed by atoms with Gasteiger partial charge in [-0.1, -0.05) is 61.0 Å². The first-order chi connectivity index (χ1) is 20.5. The number of aromatic nitrogens is 2. The minimum atomic E-state index is -0.532. The highest BCUT2D eigenvalue weighted by Crippen LogP contribution is 2.29. The van der Waals surface area contributed by atoms with E-state index in [4.69, 9.17) is 26.1 Å². The molecule has 0 bridgehead atoms. The van der Waals surface area contributed by atoms with Gasteiger partial charge in [-0.2, -0.15) is 0 Å². The van der Waals surface area contributed by atoms with Crippen LogP contribution in [0.15, 0.2) is 108 Å². The number of ether oxygens (including phenoxy) is 2. The molecule has 0 fully saturated rings. The standard InChI is InChI=1S/C34H32ClN3O4/c1-3-31(37(22-24-10-6-5-7-11-24)32(39)23-42-28-18-14-25(35)15-19-28)33-36-30-13-9-8-12-29(30)34(40)38(33)26-16-20-27(21-17-26)41-4-2/h5-21,31H,3-4,22-23H2,1-2H3. The van der Waals surface area contributed by atoms with E-state index in [2.05, 4.69) is 0 Å². The fourth-order valence-corrected chi connectivity index (χ4v) is 5.06. The molecule has 1 atom stereocenters. The van der Waals surface area contributed by atoms with Gasteiger partial charge in [0, 0.05) is 11.6 Å². The Hall–Kier alpha value is -4.62. The summed E-state index contributed by atoms with van der Waals surface area (Å²) in [6.45, 7) is 4.57. The molecule has 214 valence electrons. The Labute approximate surface area is 249 Å². The maximum atomic E-state index is 14.0. The predicted octanol–water partition coefficient (Wildman–Crippen LogP) is 7.00. The van der Waals surface area contributed by atoms with Gasteiger partial charge in [0.2, 0.25) is 0 Å². The van der Waals surface area contributed by atoms with Crippen LogP contribution in [-0.4, -0.2) is 33.6 Å². The summed E-state index contributed by atoms with van der Waals surface area (Å²) in [6, 6.07) is 30.7. The number of fused-ring (bicyclic) bond motifs is 1. The molecule has 42 heavy (non-hydrogen) atoms. The van der Waals surface area contributed by atoms with E-state index in [0.29, 0.717) is 58.5 Å². The molecule has 1 aromatic heterocycles. The molecule has 8 heteroatoms. The summed E-state index contributed by atoms with van der Waals surface area (Å²) in [5.74, 6) is 1.48. The van der Waals surface area contributed by atoms with E-state index in [1.54, 1.807) is 39.8 Å². The third-order valence-corrected chi connectivity index (χ3v) is 7.21. The fraction of sp³-hybridized carbons (Fsp3) is 0.206. The Morgan fingerprint density at radius 1 is 0.857 bits per heavy atom. The molecule has 0 aliphatic carbocycles. The lowest BCUT2D eigenvalue weighted by molar-refractivity contribution is -0.137. The van der Waals surface area contributed by atoms with Crippen molar-refractivity contribution in [3.05, 3.63) is 130 Å². The summed E-state index contributed by atoms with van der Waals surface area (Å²) in [7, 11) is 0. The highest BCUT2D eigenvalue weighted by atomic mass is 35.5. The Morgan fingerprint density at radius 2 is 1.50 bits per heavy atom. The van der Waals surface area contributed by atoms with Crippen LogP contribution in [0, 0.1) is 0 Å². The molecule has 0 radical (unpaired) electrons. The number of benzene rings is 4. The average Bonchev–Trinajstić information content (AvgIpc) is 3.02. The van der Waals surface area contributed by atoms with Crippen LogP contribution in [0.5, 0.6) is 11.5 Å². The number of halogens is 1. The van der Waals surface area contributed by atoms with E-state index in [9.17, 15) is 9.59 Å². The Morgan fingerprint density at radius 3 is 2.19 bits per heavy atom. The van der Waals surface area contributed by atoms with Gasteiger partial charge >= 0.3 is 0 Å². The molecule has 4 aromatic carbocycles. The topological polar surface area (TPSA) is 73.7 Å². The van der Waals surface area contributed by atoms with Crippen LogP contribution in [0.4, 0.5) is 0 Å². The van der Waals surface area contributed by atoms with Gasteiger partial charge in [0.25, 0.3) is 11.5 Å². The summed E-state index contributed by atoms with van der Waals surface area (Å²) in [5, 5.41) is 1.08. The van der Waals surface area contributed by atoms with Gasteiger partial charge in [-0.05, 0) is 79.6 Å². The molecule has 1 unspecified atom stereocenters. The maximum Gasteiger partial charge on any atom is 0.266 e. The molecule has 7 nitrogen and oxygen atoms in total. The second-order valence-corrected chi connectivity index (χ2v) is 10.2. The fourth-order valence-electron chi connectivity index (χ4n) is 4.93. The van der Waals surface area contributed by atoms with E-state index in [0.717, 1.165) is 5.56 Å². The average molecular weight is 582 g/mol. The second kappa shape index (κ2) is 13.4. The summed E-state index contributed by atoms with van der Waals surface area (Å²) in [6.07, 6.45) is 0.515. The first kappa shape index (κ1) is 28.9. The molecular formula is C34H32ClN3O4. The molecule has 0 aliphatic heterocycles. The summed E-state index contributed by atoms with van der Waals surface area (Å²) in [4.78, 5) is 34.7. The molecule has 0 saturated heterocycles. The molecule has 5 rings (SSSR count). The molecule has 0 N–H and O–H groups in total. The van der Waals surface area contributed by atoms with Crippen LogP contribution in [0.3, 0.4) is 0 Å². The molecule has 0 spiro atoms. The molecule has 0 aliphatic rings. The van der Waals surface area contributed by atoms with Crippen molar-refractivity contribution in [2.75, 3.05) is 13.2 Å². The smallest absolute Gasteiger partial charge is 0.266 e. The van der Waals surface area contributed by atoms with Crippen molar-refractivity contribution < 1.29 is 14.3 Å². The lowest BCUT2D eigenvalue weighted by Crippen LogP contribution is -2.40. The number of carbonyl (C=O) groups is 1. The molecular weight excluding hydrogens is 550 g/mol. The van der Waals surface area contributed by atoms with Crippen molar-refractivity contribution in [1.29, 1.82) is 0 Å². The normalized spacial score (nSPS) is 11.7. The molecule has 5 aromatic rings. The van der Waals surface area contributed by atoms with Gasteiger partial charge in [0.1, 0.15) is 17.3 Å². The van der Waals surface area contributed by atoms with Crippen LogP contribution < -0.4 is 15.0 Å². The maximum absolute atomic E-state index is 14.0. The van der Waals surface area contributed by atoms with E-state index in [1.807, 2.05) is 86.6 Å². The SMILES string of the molecule is CCOc1ccc(-n2c(C(CC)N(Cc3ccccc3)C(=O)COc3ccc(Cl)cc3)nc3ccccc3c2=O)cc1. The highest BCUT2D eigenvalue weighted by Gasteiger charge is 2.29. The lowest BCUT2D eigenvalue weighted by atomic mass is 10.1. The van der Waals surface area contributed by atoms with Gasteiger partial charge < -0.3 is 14.4 Å². The van der Waals surface area contributed by atoms with Crippen molar-refractivity contribution in [2.24, 2.45) is 0 Å². The van der Waals surface area contributed by atoms with Crippen molar-refractivity contribution in [3.63, 3.8) is 0 Å². The summed E-state index contributed by atoms with van der Waals surface area (Å²) < 4.78 is 13.1. The lowest BCUT2D eigenvalue weighted by Gasteiger charge is -2.32. The first-order valence-electron chi connectivity index (χ1n) is 13.9. The Bertz CT molecular complexity index is 1700. The van der Waals surface area contributed by atoms with Gasteiger partial charge in [0.05, 0.1) is 29.2 Å². The van der Waals surface area contributed by atoms with Crippen LogP contribution in [0.25, 0.3) is 16.6 Å². The highest BCUT2D eigenvalue weighted by molar-refractivity contribution is 6.30. The van der Waals surface area contributed by atoms with Gasteiger partial charge in [-0.3, -0.25) is 14.2 Å². The van der Waals surface area contributed by atoms with E-state index in [1.165, 1.54) is 0 Å². The van der Waals surface area contributed by atoms with Crippen molar-refractivity contribution >= 4 is 28.4 Å². The number of para-hydroxylation sites is 1. The van der Waals surface area contributed by atoms with Crippen molar-refractivity contribution in [1.82, 2.24) is 14.5 Å². The summed E-state index contributed by atoms with van der Waals surface area (Å²) >= 11 is 6.01. The number of nitrogens with zero attached hydrogens (tertiary/aromatic N) is 3. The van der Waals surface area contributed by atoms with E-state index in [-0.39, 0.29) is 18.1 Å². The molecule has 1 heterocycles. The van der Waals surface area contributed by atoms with Crippen molar-refractivity contribution in [3.8, 4) is 17.2 Å². The minimum Gasteiger partial charge on any atom is -0.494 e. The van der Waals surface area contributed by atoms with Crippen LogP contribution in [0.2, 0.25) is 5.02 Å². The van der Waals surface area contributed by atoms with Crippen LogP contribution in [-0.2, 0) is 11.3 Å². The zero-order chi connectivity index (χ0) is 29.5. The van der Waals surface area contributed by atoms with Gasteiger partial charge in [-0.15, -0.1) is 0 Å². The number of hydrogen-bond donors (Lipinski definition) is 0. The number of hydrogen-bond acceptors (Lipinski definition) is 5. The predicted molar refractivity (Wildman–Crippen MR) is 165 cm³/mol. The number of rotatable bonds is 11. The number of carbonyl (C=O) groups excluding carboxylic acids is 1. The third kappa shape index (κ3) is 6.47. The van der Waals surface area contributed by atoms with Crippen LogP contribution in [0.1, 0.15) is 37.7 Å². The first-order valence-corrected chi connectivity index (χ1v) is 14.3. The van der Waals surface area contributed by atoms with Crippen LogP contribution >= 0.6 is 11.6 Å². The minimum absolute atomic E-state index is 0.189. The van der Waals surface area contributed by atoms with Gasteiger partial charge in [-0.25, -0.2) is 4.98 Å². The number of amides is 1.